The Morgan fingerprint density at radius 1 is 1.05 bits per heavy atom. The predicted molar refractivity (Wildman–Crippen MR) is 156 cm³/mol. The van der Waals surface area contributed by atoms with Gasteiger partial charge in [0.15, 0.2) is 0 Å². The lowest BCUT2D eigenvalue weighted by atomic mass is 9.98. The number of fused-ring (bicyclic) bond motifs is 1. The molecule has 8 heteroatoms. The molecular formula is C31H38N6O2. The second kappa shape index (κ2) is 11.2. The van der Waals surface area contributed by atoms with E-state index >= 15 is 0 Å². The van der Waals surface area contributed by atoms with Crippen LogP contribution in [0.2, 0.25) is 0 Å². The smallest absolute Gasteiger partial charge is 0.253 e. The molecule has 204 valence electrons. The third-order valence-corrected chi connectivity index (χ3v) is 7.63. The fourth-order valence-corrected chi connectivity index (χ4v) is 5.39. The molecule has 0 atom stereocenters. The van der Waals surface area contributed by atoms with Gasteiger partial charge in [-0.2, -0.15) is 5.10 Å². The summed E-state index contributed by atoms with van der Waals surface area (Å²) in [7, 11) is 2.17. The largest absolute Gasteiger partial charge is 0.348 e. The SMILES string of the molecule is Cc1cc(C)c(CNC(=O)c2cc(-c3cccc(CN4CCN(C)CC4)c3)cc3c2cnn3C(C)C)c(=O)[nH]1. The number of amides is 1. The minimum atomic E-state index is -0.224. The van der Waals surface area contributed by atoms with Gasteiger partial charge in [-0.3, -0.25) is 19.2 Å². The summed E-state index contributed by atoms with van der Waals surface area (Å²) in [5.74, 6) is -0.224. The number of pyridine rings is 1. The van der Waals surface area contributed by atoms with E-state index in [-0.39, 0.29) is 24.1 Å². The number of piperazine rings is 1. The number of aromatic amines is 1. The molecule has 2 aromatic heterocycles. The number of carbonyl (C=O) groups excluding carboxylic acids is 1. The van der Waals surface area contributed by atoms with Crippen molar-refractivity contribution in [3.63, 3.8) is 0 Å². The Hall–Kier alpha value is -3.75. The van der Waals surface area contributed by atoms with Crippen LogP contribution < -0.4 is 10.9 Å². The number of aryl methyl sites for hydroxylation is 2. The molecule has 0 bridgehead atoms. The summed E-state index contributed by atoms with van der Waals surface area (Å²) in [6.45, 7) is 13.3. The van der Waals surface area contributed by atoms with Crippen molar-refractivity contribution in [2.24, 2.45) is 0 Å². The Bertz CT molecular complexity index is 1560. The molecule has 39 heavy (non-hydrogen) atoms. The summed E-state index contributed by atoms with van der Waals surface area (Å²) in [5, 5.41) is 8.39. The molecule has 0 saturated carbocycles. The maximum Gasteiger partial charge on any atom is 0.253 e. The highest BCUT2D eigenvalue weighted by atomic mass is 16.1. The summed E-state index contributed by atoms with van der Waals surface area (Å²) in [6.07, 6.45) is 1.77. The molecule has 0 unspecified atom stereocenters. The molecule has 1 fully saturated rings. The van der Waals surface area contributed by atoms with E-state index in [0.29, 0.717) is 11.1 Å². The predicted octanol–water partition coefficient (Wildman–Crippen LogP) is 4.27. The van der Waals surface area contributed by atoms with Crippen molar-refractivity contribution in [3.8, 4) is 11.1 Å². The van der Waals surface area contributed by atoms with Crippen LogP contribution in [0.25, 0.3) is 22.0 Å². The summed E-state index contributed by atoms with van der Waals surface area (Å²) < 4.78 is 1.96. The number of aromatic nitrogens is 3. The normalized spacial score (nSPS) is 14.8. The fraction of sp³-hybridized carbons (Fsp3) is 0.387. The Morgan fingerprint density at radius 2 is 1.82 bits per heavy atom. The number of rotatable bonds is 7. The van der Waals surface area contributed by atoms with Crippen molar-refractivity contribution >= 4 is 16.8 Å². The quantitative estimate of drug-likeness (QED) is 0.376. The molecule has 1 saturated heterocycles. The summed E-state index contributed by atoms with van der Waals surface area (Å²) in [6, 6.07) is 14.7. The monoisotopic (exact) mass is 526 g/mol. The minimum absolute atomic E-state index is 0.144. The first kappa shape index (κ1) is 26.8. The number of likely N-dealkylation sites (N-methyl/N-ethyl adjacent to an activating group) is 1. The zero-order valence-corrected chi connectivity index (χ0v) is 23.5. The first-order chi connectivity index (χ1) is 18.7. The van der Waals surface area contributed by atoms with Crippen LogP contribution >= 0.6 is 0 Å². The number of benzene rings is 2. The molecule has 4 aromatic rings. The van der Waals surface area contributed by atoms with Gasteiger partial charge >= 0.3 is 0 Å². The zero-order valence-electron chi connectivity index (χ0n) is 23.5. The highest BCUT2D eigenvalue weighted by Crippen LogP contribution is 2.30. The molecular weight excluding hydrogens is 488 g/mol. The summed E-state index contributed by atoms with van der Waals surface area (Å²) >= 11 is 0. The van der Waals surface area contributed by atoms with Crippen molar-refractivity contribution < 1.29 is 4.79 Å². The van der Waals surface area contributed by atoms with Gasteiger partial charge in [0.25, 0.3) is 11.5 Å². The van der Waals surface area contributed by atoms with Gasteiger partial charge in [-0.25, -0.2) is 0 Å². The van der Waals surface area contributed by atoms with Gasteiger partial charge < -0.3 is 15.2 Å². The van der Waals surface area contributed by atoms with Crippen molar-refractivity contribution in [2.75, 3.05) is 33.2 Å². The van der Waals surface area contributed by atoms with Crippen molar-refractivity contribution in [2.45, 2.75) is 46.8 Å². The average Bonchev–Trinajstić information content (AvgIpc) is 3.33. The van der Waals surface area contributed by atoms with Crippen LogP contribution in [0, 0.1) is 13.8 Å². The van der Waals surface area contributed by atoms with E-state index in [0.717, 1.165) is 66.0 Å². The van der Waals surface area contributed by atoms with Crippen LogP contribution in [0.5, 0.6) is 0 Å². The molecule has 2 aromatic carbocycles. The van der Waals surface area contributed by atoms with Crippen LogP contribution in [0.4, 0.5) is 0 Å². The third-order valence-electron chi connectivity index (χ3n) is 7.63. The van der Waals surface area contributed by atoms with Gasteiger partial charge in [0.1, 0.15) is 0 Å². The van der Waals surface area contributed by atoms with Crippen LogP contribution in [0.3, 0.4) is 0 Å². The van der Waals surface area contributed by atoms with E-state index < -0.39 is 0 Å². The number of hydrogen-bond donors (Lipinski definition) is 2. The Labute approximate surface area is 229 Å². The molecule has 8 nitrogen and oxygen atoms in total. The molecule has 0 radical (unpaired) electrons. The maximum atomic E-state index is 13.6. The van der Waals surface area contributed by atoms with E-state index in [1.54, 1.807) is 6.20 Å². The standard InChI is InChI=1S/C31H38N6O2/c1-20(2)37-29-16-25(24-8-6-7-23(14-24)19-36-11-9-35(5)10-12-36)15-26(28(29)18-33-37)30(38)32-17-27-21(3)13-22(4)34-31(27)39/h6-8,13-16,18,20H,9-12,17,19H2,1-5H3,(H,32,38)(H,34,39). The van der Waals surface area contributed by atoms with Crippen molar-refractivity contribution in [1.82, 2.24) is 29.9 Å². The highest BCUT2D eigenvalue weighted by Gasteiger charge is 2.19. The lowest BCUT2D eigenvalue weighted by Crippen LogP contribution is -2.43. The molecule has 0 spiro atoms. The van der Waals surface area contributed by atoms with E-state index in [1.807, 2.05) is 30.7 Å². The van der Waals surface area contributed by atoms with Gasteiger partial charge in [-0.1, -0.05) is 18.2 Å². The maximum absolute atomic E-state index is 13.6. The van der Waals surface area contributed by atoms with Gasteiger partial charge in [-0.15, -0.1) is 0 Å². The van der Waals surface area contributed by atoms with Crippen molar-refractivity contribution in [1.29, 1.82) is 0 Å². The van der Waals surface area contributed by atoms with Gasteiger partial charge in [0.05, 0.1) is 17.3 Å². The second-order valence-corrected chi connectivity index (χ2v) is 11.0. The molecule has 1 aliphatic rings. The van der Waals surface area contributed by atoms with Crippen LogP contribution in [-0.4, -0.2) is 63.7 Å². The molecule has 0 aliphatic carbocycles. The number of hydrogen-bond acceptors (Lipinski definition) is 5. The topological polar surface area (TPSA) is 86.3 Å². The molecule has 2 N–H and O–H groups in total. The molecule has 5 rings (SSSR count). The first-order valence-electron chi connectivity index (χ1n) is 13.7. The van der Waals surface area contributed by atoms with Gasteiger partial charge in [0.2, 0.25) is 0 Å². The van der Waals surface area contributed by atoms with Crippen LogP contribution in [0.1, 0.15) is 52.6 Å². The van der Waals surface area contributed by atoms with E-state index in [1.165, 1.54) is 5.56 Å². The molecule has 3 heterocycles. The van der Waals surface area contributed by atoms with E-state index in [2.05, 4.69) is 76.4 Å². The van der Waals surface area contributed by atoms with Gasteiger partial charge in [0, 0.05) is 62.0 Å². The second-order valence-electron chi connectivity index (χ2n) is 11.0. The number of nitrogens with zero attached hydrogens (tertiary/aromatic N) is 4. The minimum Gasteiger partial charge on any atom is -0.348 e. The van der Waals surface area contributed by atoms with E-state index in [9.17, 15) is 9.59 Å². The number of nitrogens with one attached hydrogen (secondary N) is 2. The summed E-state index contributed by atoms with van der Waals surface area (Å²) in [4.78, 5) is 33.8. The van der Waals surface area contributed by atoms with Crippen LogP contribution in [0.15, 0.2) is 53.5 Å². The van der Waals surface area contributed by atoms with E-state index in [4.69, 9.17) is 0 Å². The number of H-pyrrole nitrogens is 1. The van der Waals surface area contributed by atoms with Crippen LogP contribution in [-0.2, 0) is 13.1 Å². The highest BCUT2D eigenvalue weighted by molar-refractivity contribution is 6.08. The number of carbonyl (C=O) groups is 1. The Morgan fingerprint density at radius 3 is 2.54 bits per heavy atom. The van der Waals surface area contributed by atoms with Gasteiger partial charge in [-0.05, 0) is 81.3 Å². The molecule has 1 amide bonds. The van der Waals surface area contributed by atoms with Crippen molar-refractivity contribution in [3.05, 3.63) is 87.0 Å². The fourth-order valence-electron chi connectivity index (χ4n) is 5.39. The average molecular weight is 527 g/mol. The lowest BCUT2D eigenvalue weighted by molar-refractivity contribution is 0.0952. The Kier molecular flexibility index (Phi) is 7.68. The summed E-state index contributed by atoms with van der Waals surface area (Å²) in [5.41, 5.74) is 6.83. The third kappa shape index (κ3) is 5.82. The zero-order chi connectivity index (χ0) is 27.7. The Balaban J connectivity index is 1.48. The lowest BCUT2D eigenvalue weighted by Gasteiger charge is -2.32. The molecule has 1 aliphatic heterocycles. The first-order valence-corrected chi connectivity index (χ1v) is 13.7.